The summed E-state index contributed by atoms with van der Waals surface area (Å²) in [6.07, 6.45) is 4.37. The molecule has 0 fully saturated rings. The number of pyridine rings is 1. The first kappa shape index (κ1) is 16.8. The van der Waals surface area contributed by atoms with Gasteiger partial charge in [-0.25, -0.2) is 4.39 Å². The van der Waals surface area contributed by atoms with E-state index in [9.17, 15) is 4.39 Å². The summed E-state index contributed by atoms with van der Waals surface area (Å²) in [4.78, 5) is 4.04. The average Bonchev–Trinajstić information content (AvgIpc) is 3.01. The van der Waals surface area contributed by atoms with Gasteiger partial charge in [-0.05, 0) is 54.9 Å². The van der Waals surface area contributed by atoms with Crippen LogP contribution in [-0.4, -0.2) is 21.7 Å². The highest BCUT2D eigenvalue weighted by Gasteiger charge is 2.15. The molecule has 0 spiro atoms. The lowest BCUT2D eigenvalue weighted by Crippen LogP contribution is -1.87. The Labute approximate surface area is 135 Å². The van der Waals surface area contributed by atoms with E-state index in [-0.39, 0.29) is 5.82 Å². The van der Waals surface area contributed by atoms with E-state index in [2.05, 4.69) is 22.1 Å². The lowest BCUT2D eigenvalue weighted by molar-refractivity contribution is 0.628. The highest BCUT2D eigenvalue weighted by Crippen LogP contribution is 2.33. The van der Waals surface area contributed by atoms with Crippen molar-refractivity contribution in [3.63, 3.8) is 0 Å². The zero-order chi connectivity index (χ0) is 16.7. The second kappa shape index (κ2) is 8.19. The first-order valence-electron chi connectivity index (χ1n) is 7.64. The minimum atomic E-state index is -0.245. The predicted octanol–water partition coefficient (Wildman–Crippen LogP) is 3.81. The number of hydrogen-bond donors (Lipinski definition) is 2. The summed E-state index contributed by atoms with van der Waals surface area (Å²) in [6, 6.07) is 10.3. The highest BCUT2D eigenvalue weighted by molar-refractivity contribution is 5.82. The molecular formula is C18H21FN4. The van der Waals surface area contributed by atoms with Crippen molar-refractivity contribution in [2.45, 2.75) is 20.3 Å². The molecule has 0 bridgehead atoms. The highest BCUT2D eigenvalue weighted by atomic mass is 19.1. The lowest BCUT2D eigenvalue weighted by Gasteiger charge is -2.05. The van der Waals surface area contributed by atoms with E-state index in [0.717, 1.165) is 41.0 Å². The van der Waals surface area contributed by atoms with Crippen LogP contribution < -0.4 is 5.73 Å². The molecule has 0 radical (unpaired) electrons. The van der Waals surface area contributed by atoms with Crippen LogP contribution in [-0.2, 0) is 6.42 Å². The van der Waals surface area contributed by atoms with Gasteiger partial charge in [-0.2, -0.15) is 5.10 Å². The van der Waals surface area contributed by atoms with Crippen LogP contribution in [0.5, 0.6) is 0 Å². The Balaban J connectivity index is 0.000000595. The fourth-order valence-corrected chi connectivity index (χ4v) is 2.28. The molecule has 0 saturated heterocycles. The summed E-state index contributed by atoms with van der Waals surface area (Å²) >= 11 is 0. The standard InChI is InChI=1S/C16H14FN3.C2H7N/c1-2-14-15(11-7-9-18-10-8-11)16(20-19-14)12-3-5-13(17)6-4-12;1-2-3/h3-10H,2H2,1H3,(H,19,20);2-3H2,1H3. The molecule has 3 rings (SSSR count). The molecule has 0 aliphatic carbocycles. The van der Waals surface area contributed by atoms with Crippen molar-refractivity contribution < 1.29 is 4.39 Å². The Morgan fingerprint density at radius 2 is 1.61 bits per heavy atom. The number of H-pyrrole nitrogens is 1. The quantitative estimate of drug-likeness (QED) is 0.773. The maximum absolute atomic E-state index is 13.1. The third kappa shape index (κ3) is 4.02. The molecule has 0 aliphatic heterocycles. The van der Waals surface area contributed by atoms with Crippen LogP contribution in [0, 0.1) is 5.82 Å². The van der Waals surface area contributed by atoms with Crippen LogP contribution >= 0.6 is 0 Å². The van der Waals surface area contributed by atoms with E-state index in [1.165, 1.54) is 12.1 Å². The third-order valence-electron chi connectivity index (χ3n) is 3.28. The summed E-state index contributed by atoms with van der Waals surface area (Å²) in [5, 5.41) is 7.47. The van der Waals surface area contributed by atoms with Crippen molar-refractivity contribution >= 4 is 0 Å². The molecule has 5 heteroatoms. The molecule has 4 nitrogen and oxygen atoms in total. The number of rotatable bonds is 3. The maximum atomic E-state index is 13.1. The van der Waals surface area contributed by atoms with Gasteiger partial charge in [0.1, 0.15) is 11.5 Å². The van der Waals surface area contributed by atoms with Gasteiger partial charge in [0.2, 0.25) is 0 Å². The molecule has 23 heavy (non-hydrogen) atoms. The van der Waals surface area contributed by atoms with Crippen LogP contribution in [0.3, 0.4) is 0 Å². The Morgan fingerprint density at radius 3 is 2.17 bits per heavy atom. The van der Waals surface area contributed by atoms with Crippen molar-refractivity contribution in [2.75, 3.05) is 6.54 Å². The molecule has 0 saturated carbocycles. The Bertz CT molecular complexity index is 721. The van der Waals surface area contributed by atoms with Gasteiger partial charge in [-0.15, -0.1) is 0 Å². The monoisotopic (exact) mass is 312 g/mol. The van der Waals surface area contributed by atoms with E-state index < -0.39 is 0 Å². The molecule has 0 unspecified atom stereocenters. The van der Waals surface area contributed by atoms with Crippen molar-refractivity contribution in [1.29, 1.82) is 0 Å². The van der Waals surface area contributed by atoms with E-state index in [1.807, 2.05) is 19.1 Å². The van der Waals surface area contributed by atoms with Gasteiger partial charge in [-0.3, -0.25) is 10.1 Å². The summed E-state index contributed by atoms with van der Waals surface area (Å²) in [5.74, 6) is -0.245. The van der Waals surface area contributed by atoms with Gasteiger partial charge in [0.05, 0.1) is 0 Å². The normalized spacial score (nSPS) is 10.1. The Morgan fingerprint density at radius 1 is 1.00 bits per heavy atom. The van der Waals surface area contributed by atoms with E-state index in [4.69, 9.17) is 5.73 Å². The number of aromatic amines is 1. The van der Waals surface area contributed by atoms with Crippen LogP contribution in [0.4, 0.5) is 4.39 Å². The van der Waals surface area contributed by atoms with E-state index >= 15 is 0 Å². The number of aromatic nitrogens is 3. The molecule has 0 amide bonds. The molecule has 2 heterocycles. The summed E-state index contributed by atoms with van der Waals surface area (Å²) in [7, 11) is 0. The number of aryl methyl sites for hydroxylation is 1. The molecule has 3 N–H and O–H groups in total. The lowest BCUT2D eigenvalue weighted by atomic mass is 9.99. The SMILES string of the molecule is CCN.CCc1[nH]nc(-c2ccc(F)cc2)c1-c1ccncc1. The second-order valence-electron chi connectivity index (χ2n) is 4.93. The van der Waals surface area contributed by atoms with Gasteiger partial charge in [0.25, 0.3) is 0 Å². The number of nitrogens with two attached hydrogens (primary N) is 1. The molecular weight excluding hydrogens is 291 g/mol. The zero-order valence-corrected chi connectivity index (χ0v) is 13.4. The summed E-state index contributed by atoms with van der Waals surface area (Å²) in [5.41, 5.74) is 9.77. The Hall–Kier alpha value is -2.53. The van der Waals surface area contributed by atoms with E-state index in [1.54, 1.807) is 24.5 Å². The number of nitrogens with one attached hydrogen (secondary N) is 1. The molecule has 3 aromatic rings. The first-order valence-corrected chi connectivity index (χ1v) is 7.64. The van der Waals surface area contributed by atoms with Crippen molar-refractivity contribution in [2.24, 2.45) is 5.73 Å². The van der Waals surface area contributed by atoms with Crippen LogP contribution in [0.2, 0.25) is 0 Å². The largest absolute Gasteiger partial charge is 0.331 e. The fourth-order valence-electron chi connectivity index (χ4n) is 2.28. The van der Waals surface area contributed by atoms with E-state index in [0.29, 0.717) is 0 Å². The second-order valence-corrected chi connectivity index (χ2v) is 4.93. The van der Waals surface area contributed by atoms with Gasteiger partial charge >= 0.3 is 0 Å². The van der Waals surface area contributed by atoms with Crippen LogP contribution in [0.15, 0.2) is 48.8 Å². The smallest absolute Gasteiger partial charge is 0.123 e. The number of benzene rings is 1. The zero-order valence-electron chi connectivity index (χ0n) is 13.4. The molecule has 0 atom stereocenters. The topological polar surface area (TPSA) is 67.6 Å². The van der Waals surface area contributed by atoms with Crippen LogP contribution in [0.1, 0.15) is 19.5 Å². The van der Waals surface area contributed by atoms with Crippen molar-refractivity contribution in [3.8, 4) is 22.4 Å². The number of halogens is 1. The van der Waals surface area contributed by atoms with Gasteiger partial charge in [0, 0.05) is 29.2 Å². The number of hydrogen-bond acceptors (Lipinski definition) is 3. The number of nitrogens with zero attached hydrogens (tertiary/aromatic N) is 2. The predicted molar refractivity (Wildman–Crippen MR) is 91.3 cm³/mol. The van der Waals surface area contributed by atoms with Crippen LogP contribution in [0.25, 0.3) is 22.4 Å². The van der Waals surface area contributed by atoms with Crippen molar-refractivity contribution in [3.05, 3.63) is 60.3 Å². The van der Waals surface area contributed by atoms with Crippen molar-refractivity contribution in [1.82, 2.24) is 15.2 Å². The minimum absolute atomic E-state index is 0.245. The first-order chi connectivity index (χ1) is 11.2. The molecule has 1 aromatic carbocycles. The molecule has 2 aromatic heterocycles. The minimum Gasteiger partial charge on any atom is -0.331 e. The summed E-state index contributed by atoms with van der Waals surface area (Å²) < 4.78 is 13.1. The third-order valence-corrected chi connectivity index (χ3v) is 3.28. The van der Waals surface area contributed by atoms with Gasteiger partial charge < -0.3 is 5.73 Å². The van der Waals surface area contributed by atoms with Gasteiger partial charge in [-0.1, -0.05) is 13.8 Å². The maximum Gasteiger partial charge on any atom is 0.123 e. The fraction of sp³-hybridized carbons (Fsp3) is 0.222. The Kier molecular flexibility index (Phi) is 6.00. The molecule has 120 valence electrons. The van der Waals surface area contributed by atoms with Gasteiger partial charge in [0.15, 0.2) is 0 Å². The summed E-state index contributed by atoms with van der Waals surface area (Å²) in [6.45, 7) is 4.73. The molecule has 0 aliphatic rings. The average molecular weight is 312 g/mol.